The molecule has 1 aliphatic carbocycles. The number of nitrogens with zero attached hydrogens (tertiary/aromatic N) is 2. The zero-order chi connectivity index (χ0) is 20.5. The molecule has 148 valence electrons. The van der Waals surface area contributed by atoms with Crippen molar-refractivity contribution in [2.75, 3.05) is 12.1 Å². The smallest absolute Gasteiger partial charge is 0.335 e. The molecule has 1 amide bonds. The van der Waals surface area contributed by atoms with Gasteiger partial charge in [-0.25, -0.2) is 9.80 Å². The Hall–Kier alpha value is -3.12. The molecule has 7 heteroatoms. The van der Waals surface area contributed by atoms with E-state index >= 15 is 0 Å². The van der Waals surface area contributed by atoms with Crippen molar-refractivity contribution < 1.29 is 19.4 Å². The van der Waals surface area contributed by atoms with E-state index in [9.17, 15) is 9.59 Å². The van der Waals surface area contributed by atoms with Gasteiger partial charge >= 0.3 is 5.97 Å². The van der Waals surface area contributed by atoms with Crippen LogP contribution in [0.25, 0.3) is 0 Å². The first-order chi connectivity index (χ1) is 14.0. The lowest BCUT2D eigenvalue weighted by Gasteiger charge is -2.37. The van der Waals surface area contributed by atoms with Crippen LogP contribution in [0.5, 0.6) is 5.75 Å². The number of benzene rings is 2. The third-order valence-electron chi connectivity index (χ3n) is 5.32. The topological polar surface area (TPSA) is 79.2 Å². The molecule has 0 saturated heterocycles. The predicted molar refractivity (Wildman–Crippen MR) is 111 cm³/mol. The van der Waals surface area contributed by atoms with Crippen LogP contribution in [-0.2, 0) is 4.79 Å². The monoisotopic (exact) mass is 410 g/mol. The summed E-state index contributed by atoms with van der Waals surface area (Å²) in [6, 6.07) is 11.6. The lowest BCUT2D eigenvalue weighted by atomic mass is 9.76. The van der Waals surface area contributed by atoms with Crippen molar-refractivity contribution in [2.45, 2.75) is 12.8 Å². The third-order valence-corrected chi connectivity index (χ3v) is 5.62. The van der Waals surface area contributed by atoms with Gasteiger partial charge in [-0.3, -0.25) is 4.79 Å². The highest BCUT2D eigenvalue weighted by Gasteiger charge is 2.40. The summed E-state index contributed by atoms with van der Waals surface area (Å²) in [6.45, 7) is 0. The van der Waals surface area contributed by atoms with Crippen molar-refractivity contribution in [3.8, 4) is 5.75 Å². The Labute approximate surface area is 173 Å². The third kappa shape index (κ3) is 3.51. The molecule has 1 aliphatic heterocycles. The van der Waals surface area contributed by atoms with Crippen molar-refractivity contribution >= 4 is 34.9 Å². The molecule has 1 N–H and O–H groups in total. The van der Waals surface area contributed by atoms with E-state index in [1.807, 2.05) is 12.1 Å². The molecule has 0 fully saturated rings. The Balaban J connectivity index is 1.79. The van der Waals surface area contributed by atoms with Gasteiger partial charge in [0.15, 0.2) is 0 Å². The molecule has 29 heavy (non-hydrogen) atoms. The number of methoxy groups -OCH3 is 1. The number of hydrogen-bond donors (Lipinski definition) is 1. The highest BCUT2D eigenvalue weighted by atomic mass is 35.5. The molecule has 4 rings (SSSR count). The van der Waals surface area contributed by atoms with Gasteiger partial charge in [-0.1, -0.05) is 23.8 Å². The number of hydrogen-bond acceptors (Lipinski definition) is 4. The zero-order valence-corrected chi connectivity index (χ0v) is 16.5. The minimum absolute atomic E-state index is 0.0356. The van der Waals surface area contributed by atoms with E-state index in [0.29, 0.717) is 22.9 Å². The fraction of sp³-hybridized carbons (Fsp3) is 0.227. The lowest BCUT2D eigenvalue weighted by Crippen LogP contribution is -2.45. The summed E-state index contributed by atoms with van der Waals surface area (Å²) in [5.74, 6) is -0.801. The fourth-order valence-electron chi connectivity index (χ4n) is 3.81. The summed E-state index contributed by atoms with van der Waals surface area (Å²) >= 11 is 6.32. The number of amides is 1. The molecule has 0 radical (unpaired) electrons. The molecule has 6 nitrogen and oxygen atoms in total. The molecule has 0 spiro atoms. The van der Waals surface area contributed by atoms with Crippen LogP contribution in [0.15, 0.2) is 59.7 Å². The highest BCUT2D eigenvalue weighted by Crippen LogP contribution is 2.37. The van der Waals surface area contributed by atoms with Crippen molar-refractivity contribution in [2.24, 2.45) is 16.9 Å². The van der Waals surface area contributed by atoms with Crippen LogP contribution >= 0.6 is 11.6 Å². The predicted octanol–water partition coefficient (Wildman–Crippen LogP) is 4.38. The van der Waals surface area contributed by atoms with Crippen molar-refractivity contribution in [3.05, 3.63) is 70.8 Å². The number of anilines is 1. The number of aromatic carboxylic acids is 1. The van der Waals surface area contributed by atoms with E-state index in [1.165, 1.54) is 17.1 Å². The number of carboxylic acid groups (broad SMARTS) is 1. The first-order valence-corrected chi connectivity index (χ1v) is 9.62. The second kappa shape index (κ2) is 7.72. The first-order valence-electron chi connectivity index (χ1n) is 9.24. The summed E-state index contributed by atoms with van der Waals surface area (Å²) in [4.78, 5) is 24.3. The second-order valence-corrected chi connectivity index (χ2v) is 7.40. The summed E-state index contributed by atoms with van der Waals surface area (Å²) in [7, 11) is 1.56. The maximum absolute atomic E-state index is 13.1. The summed E-state index contributed by atoms with van der Waals surface area (Å²) < 4.78 is 5.24. The van der Waals surface area contributed by atoms with Crippen LogP contribution in [0, 0.1) is 11.8 Å². The highest BCUT2D eigenvalue weighted by molar-refractivity contribution is 6.32. The molecular weight excluding hydrogens is 392 g/mol. The molecular formula is C22H19ClN2O4. The number of carbonyl (C=O) groups is 2. The standard InChI is InChI=1S/C22H19ClN2O4/c1-29-19-11-8-14(12-18(19)23)20-16-4-2-3-5-17(16)21(26)25(24-20)15-9-6-13(7-10-15)22(27)28/h2-3,6-12,16-17H,4-5H2,1H3,(H,27,28)/t16-,17+/m0/s1. The average Bonchev–Trinajstić information content (AvgIpc) is 2.74. The minimum atomic E-state index is -1.02. The van der Waals surface area contributed by atoms with Gasteiger partial charge in [0.25, 0.3) is 5.91 Å². The summed E-state index contributed by atoms with van der Waals surface area (Å²) in [5.41, 5.74) is 2.31. The average molecular weight is 411 g/mol. The van der Waals surface area contributed by atoms with Crippen LogP contribution in [0.1, 0.15) is 28.8 Å². The molecule has 2 aromatic carbocycles. The van der Waals surface area contributed by atoms with E-state index in [2.05, 4.69) is 11.2 Å². The summed E-state index contributed by atoms with van der Waals surface area (Å²) in [6.07, 6.45) is 5.46. The quantitative estimate of drug-likeness (QED) is 0.758. The van der Waals surface area contributed by atoms with Gasteiger partial charge in [0.2, 0.25) is 0 Å². The van der Waals surface area contributed by atoms with Crippen LogP contribution in [0.3, 0.4) is 0 Å². The lowest BCUT2D eigenvalue weighted by molar-refractivity contribution is -0.123. The molecule has 0 unspecified atom stereocenters. The Bertz CT molecular complexity index is 1030. The fourth-order valence-corrected chi connectivity index (χ4v) is 4.06. The molecule has 1 heterocycles. The number of carboxylic acids is 1. The van der Waals surface area contributed by atoms with Crippen molar-refractivity contribution in [3.63, 3.8) is 0 Å². The van der Waals surface area contributed by atoms with E-state index in [-0.39, 0.29) is 23.3 Å². The van der Waals surface area contributed by atoms with Gasteiger partial charge in [-0.05, 0) is 60.9 Å². The first kappa shape index (κ1) is 19.2. The minimum Gasteiger partial charge on any atom is -0.495 e. The van der Waals surface area contributed by atoms with Crippen LogP contribution in [-0.4, -0.2) is 29.8 Å². The van der Waals surface area contributed by atoms with Crippen LogP contribution in [0.2, 0.25) is 5.02 Å². The maximum atomic E-state index is 13.1. The van der Waals surface area contributed by atoms with E-state index in [4.69, 9.17) is 21.4 Å². The molecule has 0 bridgehead atoms. The number of ether oxygens (including phenoxy) is 1. The molecule has 2 aromatic rings. The Morgan fingerprint density at radius 2 is 1.83 bits per heavy atom. The summed E-state index contributed by atoms with van der Waals surface area (Å²) in [5, 5.41) is 15.6. The maximum Gasteiger partial charge on any atom is 0.335 e. The van der Waals surface area contributed by atoms with Crippen molar-refractivity contribution in [1.29, 1.82) is 0 Å². The number of carbonyl (C=O) groups excluding carboxylic acids is 1. The normalized spacial score (nSPS) is 20.8. The largest absolute Gasteiger partial charge is 0.495 e. The van der Waals surface area contributed by atoms with Crippen LogP contribution < -0.4 is 9.75 Å². The molecule has 0 aromatic heterocycles. The van der Waals surface area contributed by atoms with Gasteiger partial charge in [-0.15, -0.1) is 0 Å². The number of hydrazone groups is 1. The Kier molecular flexibility index (Phi) is 5.11. The molecule has 0 saturated carbocycles. The van der Waals surface area contributed by atoms with E-state index in [1.54, 1.807) is 31.4 Å². The van der Waals surface area contributed by atoms with Gasteiger partial charge in [-0.2, -0.15) is 5.10 Å². The van der Waals surface area contributed by atoms with E-state index in [0.717, 1.165) is 17.7 Å². The molecule has 2 aliphatic rings. The Morgan fingerprint density at radius 1 is 1.14 bits per heavy atom. The van der Waals surface area contributed by atoms with Gasteiger partial charge in [0.05, 0.1) is 35.0 Å². The van der Waals surface area contributed by atoms with Gasteiger partial charge in [0.1, 0.15) is 5.75 Å². The SMILES string of the molecule is COc1ccc(C2=NN(c3ccc(C(=O)O)cc3)C(=O)[C@@H]3CC=CC[C@H]23)cc1Cl. The van der Waals surface area contributed by atoms with E-state index < -0.39 is 5.97 Å². The number of allylic oxidation sites excluding steroid dienone is 2. The second-order valence-electron chi connectivity index (χ2n) is 6.99. The Morgan fingerprint density at radius 3 is 2.45 bits per heavy atom. The number of halogens is 1. The number of rotatable bonds is 4. The zero-order valence-electron chi connectivity index (χ0n) is 15.7. The van der Waals surface area contributed by atoms with Crippen LogP contribution in [0.4, 0.5) is 5.69 Å². The molecule has 2 atom stereocenters. The van der Waals surface area contributed by atoms with Gasteiger partial charge in [0, 0.05) is 5.92 Å². The number of fused-ring (bicyclic) bond motifs is 1. The van der Waals surface area contributed by atoms with Crippen molar-refractivity contribution in [1.82, 2.24) is 0 Å². The van der Waals surface area contributed by atoms with Gasteiger partial charge < -0.3 is 9.84 Å².